The minimum absolute atomic E-state index is 0.00426. The topological polar surface area (TPSA) is 175 Å². The Bertz CT molecular complexity index is 1320. The van der Waals surface area contributed by atoms with Gasteiger partial charge < -0.3 is 45.1 Å². The predicted octanol–water partition coefficient (Wildman–Crippen LogP) is 13.3. The number of ether oxygens (including phenoxy) is 3. The second-order valence-corrected chi connectivity index (χ2v) is 20.3. The number of carbonyl (C=O) groups is 2. The fourth-order valence-corrected chi connectivity index (χ4v) is 9.00. The minimum Gasteiger partial charge on any atom is -0.466 e. The summed E-state index contributed by atoms with van der Waals surface area (Å²) in [6.07, 6.45) is 52.2. The van der Waals surface area contributed by atoms with Crippen LogP contribution < -0.4 is 5.32 Å². The molecule has 7 atom stereocenters. The van der Waals surface area contributed by atoms with Gasteiger partial charge in [-0.2, -0.15) is 0 Å². The molecule has 71 heavy (non-hydrogen) atoms. The van der Waals surface area contributed by atoms with E-state index in [9.17, 15) is 35.1 Å². The van der Waals surface area contributed by atoms with E-state index in [0.717, 1.165) is 89.9 Å². The molecule has 1 aliphatic rings. The summed E-state index contributed by atoms with van der Waals surface area (Å²) in [6, 6.07) is -0.839. The van der Waals surface area contributed by atoms with Crippen molar-refractivity contribution in [3.63, 3.8) is 0 Å². The second-order valence-electron chi connectivity index (χ2n) is 20.3. The molecular weight excluding hydrogens is 895 g/mol. The molecule has 0 saturated carbocycles. The van der Waals surface area contributed by atoms with Crippen molar-refractivity contribution in [3.05, 3.63) is 48.6 Å². The molecule has 7 unspecified atom stereocenters. The van der Waals surface area contributed by atoms with Crippen molar-refractivity contribution >= 4 is 11.9 Å². The molecule has 414 valence electrons. The molecular formula is C60H109NO10. The number of hydrogen-bond donors (Lipinski definition) is 6. The van der Waals surface area contributed by atoms with Crippen LogP contribution in [-0.4, -0.2) is 100 Å². The Morgan fingerprint density at radius 3 is 1.46 bits per heavy atom. The van der Waals surface area contributed by atoms with Gasteiger partial charge in [-0.05, 0) is 77.0 Å². The van der Waals surface area contributed by atoms with Crippen LogP contribution >= 0.6 is 0 Å². The number of aliphatic hydroxyl groups excluding tert-OH is 5. The molecule has 0 aromatic heterocycles. The standard InChI is InChI=1S/C60H109NO10/c1-3-5-7-9-11-13-27-32-36-40-44-48-56(65)69-49-45-41-37-33-29-26-24-22-20-18-16-15-17-19-21-23-25-28-31-35-39-43-47-55(64)61-52(51-70-60-59(68)58(67)57(66)54(50-62)71-60)53(63)46-42-38-34-30-14-12-10-8-6-4-2/h6,8,14,17,19,30,42,46,52-54,57-60,62-63,66-68H,3-5,7,9-13,15-16,18,20-29,31-41,43-45,47-51H2,1-2H3,(H,61,64)/b8-6+,19-17-,30-14+,46-42+. The van der Waals surface area contributed by atoms with Crippen LogP contribution in [0.4, 0.5) is 0 Å². The first-order valence-electron chi connectivity index (χ1n) is 29.4. The lowest BCUT2D eigenvalue weighted by molar-refractivity contribution is -0.302. The van der Waals surface area contributed by atoms with E-state index in [-0.39, 0.29) is 18.5 Å². The first-order chi connectivity index (χ1) is 34.7. The zero-order chi connectivity index (χ0) is 51.7. The molecule has 11 heteroatoms. The van der Waals surface area contributed by atoms with Crippen molar-refractivity contribution in [1.82, 2.24) is 5.32 Å². The third kappa shape index (κ3) is 39.7. The van der Waals surface area contributed by atoms with Gasteiger partial charge in [0.1, 0.15) is 24.4 Å². The second kappa shape index (κ2) is 49.8. The van der Waals surface area contributed by atoms with Crippen LogP contribution in [0.1, 0.15) is 258 Å². The van der Waals surface area contributed by atoms with E-state index in [4.69, 9.17) is 14.2 Å². The SMILES string of the molecule is CC/C=C/CC/C=C/CC/C=C/C(O)C(COC1OC(CO)C(O)C(O)C1O)NC(=O)CCCCCCCCC/C=C\CCCCCCCCCCCCCOC(=O)CCCCCCCCCCCCC. The van der Waals surface area contributed by atoms with E-state index in [0.29, 0.717) is 19.4 Å². The quantitative estimate of drug-likeness (QED) is 0.0195. The molecule has 1 heterocycles. The highest BCUT2D eigenvalue weighted by Gasteiger charge is 2.44. The summed E-state index contributed by atoms with van der Waals surface area (Å²) in [4.78, 5) is 25.0. The lowest BCUT2D eigenvalue weighted by Gasteiger charge is -2.40. The van der Waals surface area contributed by atoms with Gasteiger partial charge in [-0.3, -0.25) is 9.59 Å². The normalized spacial score (nSPS) is 19.5. The number of hydrogen-bond acceptors (Lipinski definition) is 10. The molecule has 1 rings (SSSR count). The Balaban J connectivity index is 2.05. The van der Waals surface area contributed by atoms with Crippen molar-refractivity contribution in [2.24, 2.45) is 0 Å². The van der Waals surface area contributed by atoms with Gasteiger partial charge >= 0.3 is 5.97 Å². The van der Waals surface area contributed by atoms with Crippen LogP contribution in [0, 0.1) is 0 Å². The number of amides is 1. The number of unbranched alkanes of at least 4 members (excludes halogenated alkanes) is 30. The Kier molecular flexibility index (Phi) is 46.7. The fourth-order valence-electron chi connectivity index (χ4n) is 9.00. The maximum atomic E-state index is 13.0. The van der Waals surface area contributed by atoms with Gasteiger partial charge in [0.15, 0.2) is 6.29 Å². The van der Waals surface area contributed by atoms with E-state index >= 15 is 0 Å². The van der Waals surface area contributed by atoms with Crippen LogP contribution in [0.5, 0.6) is 0 Å². The average molecular weight is 1000 g/mol. The Morgan fingerprint density at radius 2 is 0.958 bits per heavy atom. The highest BCUT2D eigenvalue weighted by atomic mass is 16.7. The molecule has 1 amide bonds. The van der Waals surface area contributed by atoms with Crippen molar-refractivity contribution in [2.75, 3.05) is 19.8 Å². The van der Waals surface area contributed by atoms with E-state index in [1.165, 1.54) is 141 Å². The summed E-state index contributed by atoms with van der Waals surface area (Å²) < 4.78 is 16.6. The van der Waals surface area contributed by atoms with Gasteiger partial charge in [0.05, 0.1) is 32.0 Å². The van der Waals surface area contributed by atoms with Crippen molar-refractivity contribution < 1.29 is 49.3 Å². The summed E-state index contributed by atoms with van der Waals surface area (Å²) in [7, 11) is 0. The Morgan fingerprint density at radius 1 is 0.521 bits per heavy atom. The molecule has 11 nitrogen and oxygen atoms in total. The summed E-state index contributed by atoms with van der Waals surface area (Å²) in [5.74, 6) is -0.211. The number of carbonyl (C=O) groups excluding carboxylic acids is 2. The fraction of sp³-hybridized carbons (Fsp3) is 0.833. The summed E-state index contributed by atoms with van der Waals surface area (Å²) in [6.45, 7) is 4.18. The molecule has 6 N–H and O–H groups in total. The number of aliphatic hydroxyl groups is 5. The van der Waals surface area contributed by atoms with Gasteiger partial charge in [0.2, 0.25) is 5.91 Å². The van der Waals surface area contributed by atoms with Crippen LogP contribution in [0.2, 0.25) is 0 Å². The Hall–Kier alpha value is -2.38. The van der Waals surface area contributed by atoms with E-state index in [2.05, 4.69) is 55.6 Å². The lowest BCUT2D eigenvalue weighted by atomic mass is 9.99. The molecule has 1 saturated heterocycles. The van der Waals surface area contributed by atoms with Gasteiger partial charge in [0, 0.05) is 12.8 Å². The maximum absolute atomic E-state index is 13.0. The van der Waals surface area contributed by atoms with Crippen LogP contribution in [0.3, 0.4) is 0 Å². The zero-order valence-electron chi connectivity index (χ0n) is 45.4. The van der Waals surface area contributed by atoms with Crippen LogP contribution in [-0.2, 0) is 23.8 Å². The molecule has 0 bridgehead atoms. The zero-order valence-corrected chi connectivity index (χ0v) is 45.4. The first kappa shape index (κ1) is 66.6. The molecule has 0 aromatic carbocycles. The summed E-state index contributed by atoms with van der Waals surface area (Å²) in [5, 5.41) is 54.2. The van der Waals surface area contributed by atoms with Crippen LogP contribution in [0.15, 0.2) is 48.6 Å². The van der Waals surface area contributed by atoms with Gasteiger partial charge in [-0.1, -0.05) is 217 Å². The van der Waals surface area contributed by atoms with Gasteiger partial charge in [-0.25, -0.2) is 0 Å². The number of nitrogens with one attached hydrogen (secondary N) is 1. The van der Waals surface area contributed by atoms with Crippen molar-refractivity contribution in [2.45, 2.75) is 301 Å². The molecule has 0 spiro atoms. The minimum atomic E-state index is -1.58. The number of allylic oxidation sites excluding steroid dienone is 7. The molecule has 0 radical (unpaired) electrons. The maximum Gasteiger partial charge on any atom is 0.305 e. The smallest absolute Gasteiger partial charge is 0.305 e. The largest absolute Gasteiger partial charge is 0.466 e. The van der Waals surface area contributed by atoms with E-state index in [1.54, 1.807) is 6.08 Å². The van der Waals surface area contributed by atoms with Crippen molar-refractivity contribution in [1.29, 1.82) is 0 Å². The van der Waals surface area contributed by atoms with E-state index < -0.39 is 49.5 Å². The molecule has 1 fully saturated rings. The molecule has 0 aliphatic carbocycles. The Labute approximate surface area is 434 Å². The molecule has 0 aromatic rings. The van der Waals surface area contributed by atoms with E-state index in [1.807, 2.05) is 6.08 Å². The summed E-state index contributed by atoms with van der Waals surface area (Å²) >= 11 is 0. The first-order valence-corrected chi connectivity index (χ1v) is 29.4. The number of esters is 1. The highest BCUT2D eigenvalue weighted by Crippen LogP contribution is 2.23. The third-order valence-corrected chi connectivity index (χ3v) is 13.7. The summed E-state index contributed by atoms with van der Waals surface area (Å²) in [5.41, 5.74) is 0. The lowest BCUT2D eigenvalue weighted by Crippen LogP contribution is -2.60. The van der Waals surface area contributed by atoms with Crippen molar-refractivity contribution in [3.8, 4) is 0 Å². The van der Waals surface area contributed by atoms with Gasteiger partial charge in [-0.15, -0.1) is 0 Å². The third-order valence-electron chi connectivity index (χ3n) is 13.7. The van der Waals surface area contributed by atoms with Gasteiger partial charge in [0.25, 0.3) is 0 Å². The highest BCUT2D eigenvalue weighted by molar-refractivity contribution is 5.76. The predicted molar refractivity (Wildman–Crippen MR) is 292 cm³/mol. The monoisotopic (exact) mass is 1000 g/mol. The van der Waals surface area contributed by atoms with Crippen LogP contribution in [0.25, 0.3) is 0 Å². The number of rotatable bonds is 50. The molecule has 1 aliphatic heterocycles. The average Bonchev–Trinajstić information content (AvgIpc) is 3.37.